The topological polar surface area (TPSA) is 55.6 Å². The van der Waals surface area contributed by atoms with E-state index < -0.39 is 0 Å². The highest BCUT2D eigenvalue weighted by Gasteiger charge is 2.17. The Hall–Kier alpha value is -1.91. The summed E-state index contributed by atoms with van der Waals surface area (Å²) in [7, 11) is 1.89. The van der Waals surface area contributed by atoms with Crippen molar-refractivity contribution in [3.8, 4) is 11.5 Å². The number of anilines is 1. The molecule has 2 heterocycles. The zero-order valence-electron chi connectivity index (χ0n) is 12.9. The SMILES string of the molecule is CCCn1ccnc1-c1nc(C(C)C)nc(NC)c1C. The summed E-state index contributed by atoms with van der Waals surface area (Å²) in [5.41, 5.74) is 1.96. The molecule has 0 radical (unpaired) electrons. The minimum atomic E-state index is 0.288. The molecule has 5 nitrogen and oxygen atoms in total. The van der Waals surface area contributed by atoms with E-state index in [1.165, 1.54) is 0 Å². The zero-order valence-corrected chi connectivity index (χ0v) is 12.9. The van der Waals surface area contributed by atoms with Crippen LogP contribution in [0.5, 0.6) is 0 Å². The van der Waals surface area contributed by atoms with Crippen molar-refractivity contribution in [3.05, 3.63) is 23.8 Å². The fraction of sp³-hybridized carbons (Fsp3) is 0.533. The van der Waals surface area contributed by atoms with Gasteiger partial charge in [0.1, 0.15) is 17.3 Å². The van der Waals surface area contributed by atoms with E-state index in [4.69, 9.17) is 4.98 Å². The number of nitrogens with one attached hydrogen (secondary N) is 1. The van der Waals surface area contributed by atoms with Gasteiger partial charge >= 0.3 is 0 Å². The first-order chi connectivity index (χ1) is 9.58. The maximum absolute atomic E-state index is 4.73. The summed E-state index contributed by atoms with van der Waals surface area (Å²) >= 11 is 0. The van der Waals surface area contributed by atoms with Crippen LogP contribution in [0.15, 0.2) is 12.4 Å². The summed E-state index contributed by atoms with van der Waals surface area (Å²) < 4.78 is 2.15. The number of aromatic nitrogens is 4. The Kier molecular flexibility index (Phi) is 4.37. The Balaban J connectivity index is 2.59. The molecule has 0 atom stereocenters. The summed E-state index contributed by atoms with van der Waals surface area (Å²) in [5.74, 6) is 2.94. The Morgan fingerprint density at radius 3 is 2.65 bits per heavy atom. The summed E-state index contributed by atoms with van der Waals surface area (Å²) in [6.07, 6.45) is 4.92. The molecule has 0 aliphatic heterocycles. The number of rotatable bonds is 5. The van der Waals surface area contributed by atoms with Gasteiger partial charge in [0.15, 0.2) is 5.82 Å². The molecule has 2 aromatic heterocycles. The predicted octanol–water partition coefficient (Wildman–Crippen LogP) is 3.22. The molecule has 1 N–H and O–H groups in total. The van der Waals surface area contributed by atoms with Crippen molar-refractivity contribution >= 4 is 5.82 Å². The maximum atomic E-state index is 4.73. The van der Waals surface area contributed by atoms with E-state index in [9.17, 15) is 0 Å². The highest BCUT2D eigenvalue weighted by atomic mass is 15.1. The van der Waals surface area contributed by atoms with Gasteiger partial charge in [-0.1, -0.05) is 20.8 Å². The van der Waals surface area contributed by atoms with Gasteiger partial charge in [-0.2, -0.15) is 0 Å². The molecule has 0 aromatic carbocycles. The van der Waals surface area contributed by atoms with Gasteiger partial charge in [-0.3, -0.25) is 0 Å². The van der Waals surface area contributed by atoms with Crippen LogP contribution in [0.1, 0.15) is 44.5 Å². The van der Waals surface area contributed by atoms with Crippen molar-refractivity contribution < 1.29 is 0 Å². The molecular weight excluding hydrogens is 250 g/mol. The Morgan fingerprint density at radius 1 is 1.30 bits per heavy atom. The molecule has 0 amide bonds. The Bertz CT molecular complexity index is 586. The fourth-order valence-corrected chi connectivity index (χ4v) is 2.20. The molecule has 0 saturated heterocycles. The Morgan fingerprint density at radius 2 is 2.05 bits per heavy atom. The van der Waals surface area contributed by atoms with Gasteiger partial charge in [0.05, 0.1) is 0 Å². The molecule has 0 fully saturated rings. The van der Waals surface area contributed by atoms with E-state index >= 15 is 0 Å². The van der Waals surface area contributed by atoms with Gasteiger partial charge in [0.25, 0.3) is 0 Å². The first-order valence-corrected chi connectivity index (χ1v) is 7.16. The fourth-order valence-electron chi connectivity index (χ4n) is 2.20. The number of nitrogens with zero attached hydrogens (tertiary/aromatic N) is 4. The number of imidazole rings is 1. The molecule has 5 heteroatoms. The molecular formula is C15H23N5. The molecule has 0 saturated carbocycles. The van der Waals surface area contributed by atoms with E-state index in [2.05, 4.69) is 40.6 Å². The van der Waals surface area contributed by atoms with Crippen molar-refractivity contribution in [3.63, 3.8) is 0 Å². The van der Waals surface area contributed by atoms with Crippen LogP contribution in [0.4, 0.5) is 5.82 Å². The Labute approximate surface area is 120 Å². The van der Waals surface area contributed by atoms with E-state index in [-0.39, 0.29) is 5.92 Å². The van der Waals surface area contributed by atoms with E-state index in [1.807, 2.05) is 26.4 Å². The molecule has 108 valence electrons. The second-order valence-corrected chi connectivity index (χ2v) is 5.25. The average molecular weight is 273 g/mol. The summed E-state index contributed by atoms with van der Waals surface area (Å²) in [5, 5.41) is 3.16. The normalized spacial score (nSPS) is 11.1. The van der Waals surface area contributed by atoms with Crippen molar-refractivity contribution in [1.29, 1.82) is 0 Å². The van der Waals surface area contributed by atoms with Crippen LogP contribution in [0.2, 0.25) is 0 Å². The third kappa shape index (κ3) is 2.66. The minimum Gasteiger partial charge on any atom is -0.373 e. The summed E-state index contributed by atoms with van der Waals surface area (Å²) in [4.78, 5) is 13.8. The van der Waals surface area contributed by atoms with Crippen molar-refractivity contribution in [2.75, 3.05) is 12.4 Å². The van der Waals surface area contributed by atoms with Crippen LogP contribution in [0.25, 0.3) is 11.5 Å². The number of hydrogen-bond donors (Lipinski definition) is 1. The molecule has 0 bridgehead atoms. The molecule has 20 heavy (non-hydrogen) atoms. The van der Waals surface area contributed by atoms with Gasteiger partial charge in [0, 0.05) is 37.5 Å². The highest BCUT2D eigenvalue weighted by Crippen LogP contribution is 2.26. The van der Waals surface area contributed by atoms with Crippen LogP contribution in [0, 0.1) is 6.92 Å². The zero-order chi connectivity index (χ0) is 14.7. The van der Waals surface area contributed by atoms with Gasteiger partial charge in [-0.05, 0) is 13.3 Å². The smallest absolute Gasteiger partial charge is 0.159 e. The molecule has 0 unspecified atom stereocenters. The highest BCUT2D eigenvalue weighted by molar-refractivity contribution is 5.63. The first kappa shape index (κ1) is 14.5. The third-order valence-electron chi connectivity index (χ3n) is 3.31. The molecule has 0 spiro atoms. The van der Waals surface area contributed by atoms with Gasteiger partial charge in [-0.25, -0.2) is 15.0 Å². The van der Waals surface area contributed by atoms with Crippen molar-refractivity contribution in [1.82, 2.24) is 19.5 Å². The standard InChI is InChI=1S/C15H23N5/c1-6-8-20-9-7-17-15(20)12-11(4)14(16-5)19-13(18-12)10(2)3/h7,9-10H,6,8H2,1-5H3,(H,16,18,19). The van der Waals surface area contributed by atoms with E-state index in [1.54, 1.807) is 0 Å². The number of aryl methyl sites for hydroxylation is 1. The molecule has 0 aliphatic carbocycles. The van der Waals surface area contributed by atoms with Crippen LogP contribution in [-0.4, -0.2) is 26.6 Å². The van der Waals surface area contributed by atoms with Gasteiger partial charge in [-0.15, -0.1) is 0 Å². The second-order valence-electron chi connectivity index (χ2n) is 5.25. The summed E-state index contributed by atoms with van der Waals surface area (Å²) in [6, 6.07) is 0. The monoisotopic (exact) mass is 273 g/mol. The quantitative estimate of drug-likeness (QED) is 0.908. The van der Waals surface area contributed by atoms with E-state index in [0.29, 0.717) is 0 Å². The summed E-state index contributed by atoms with van der Waals surface area (Å²) in [6.45, 7) is 9.36. The lowest BCUT2D eigenvalue weighted by Gasteiger charge is -2.14. The maximum Gasteiger partial charge on any atom is 0.159 e. The van der Waals surface area contributed by atoms with Crippen LogP contribution in [0.3, 0.4) is 0 Å². The molecule has 2 aromatic rings. The number of hydrogen-bond acceptors (Lipinski definition) is 4. The van der Waals surface area contributed by atoms with Crippen molar-refractivity contribution in [2.24, 2.45) is 0 Å². The lowest BCUT2D eigenvalue weighted by Crippen LogP contribution is -2.09. The lowest BCUT2D eigenvalue weighted by molar-refractivity contribution is 0.681. The predicted molar refractivity (Wildman–Crippen MR) is 81.9 cm³/mol. The van der Waals surface area contributed by atoms with Gasteiger partial charge in [0.2, 0.25) is 0 Å². The van der Waals surface area contributed by atoms with Crippen LogP contribution < -0.4 is 5.32 Å². The van der Waals surface area contributed by atoms with Crippen LogP contribution in [-0.2, 0) is 6.54 Å². The molecule has 2 rings (SSSR count). The first-order valence-electron chi connectivity index (χ1n) is 7.16. The average Bonchev–Trinajstić information content (AvgIpc) is 2.87. The lowest BCUT2D eigenvalue weighted by atomic mass is 10.1. The van der Waals surface area contributed by atoms with Crippen molar-refractivity contribution in [2.45, 2.75) is 46.6 Å². The minimum absolute atomic E-state index is 0.288. The second kappa shape index (κ2) is 6.03. The van der Waals surface area contributed by atoms with Crippen LogP contribution >= 0.6 is 0 Å². The largest absolute Gasteiger partial charge is 0.373 e. The molecule has 0 aliphatic rings. The van der Waals surface area contributed by atoms with E-state index in [0.717, 1.165) is 41.7 Å². The third-order valence-corrected chi connectivity index (χ3v) is 3.31. The van der Waals surface area contributed by atoms with Gasteiger partial charge < -0.3 is 9.88 Å².